The van der Waals surface area contributed by atoms with Gasteiger partial charge in [-0.1, -0.05) is 35.9 Å². The van der Waals surface area contributed by atoms with E-state index in [2.05, 4.69) is 9.97 Å². The molecular formula is C20H18ClN3O2. The zero-order valence-corrected chi connectivity index (χ0v) is 14.8. The van der Waals surface area contributed by atoms with Gasteiger partial charge in [0.2, 0.25) is 0 Å². The lowest BCUT2D eigenvalue weighted by Crippen LogP contribution is -2.29. The van der Waals surface area contributed by atoms with Gasteiger partial charge in [0, 0.05) is 42.5 Å². The van der Waals surface area contributed by atoms with E-state index in [0.717, 1.165) is 16.6 Å². The molecular weight excluding hydrogens is 350 g/mol. The Morgan fingerprint density at radius 2 is 2.04 bits per heavy atom. The van der Waals surface area contributed by atoms with E-state index in [1.54, 1.807) is 11.0 Å². The number of halogens is 1. The third kappa shape index (κ3) is 3.41. The minimum absolute atomic E-state index is 0.0419. The number of carbonyl (C=O) groups excluding carboxylic acids is 1. The van der Waals surface area contributed by atoms with Crippen LogP contribution in [0.25, 0.3) is 10.9 Å². The van der Waals surface area contributed by atoms with Crippen molar-refractivity contribution in [2.45, 2.75) is 12.5 Å². The number of pyridine rings is 2. The normalized spacial score (nSPS) is 19.8. The SMILES string of the molecule is O=C(c1cncc(Cl)c1)N1C[C@@H](Cc2ccc3ccccc3n2)[C@H](O)C1. The summed E-state index contributed by atoms with van der Waals surface area (Å²) in [6.45, 7) is 0.796. The fourth-order valence-electron chi connectivity index (χ4n) is 3.42. The van der Waals surface area contributed by atoms with Crippen LogP contribution in [0.2, 0.25) is 5.02 Å². The molecule has 0 bridgehead atoms. The van der Waals surface area contributed by atoms with Crippen molar-refractivity contribution in [3.63, 3.8) is 0 Å². The molecule has 0 aliphatic carbocycles. The lowest BCUT2D eigenvalue weighted by molar-refractivity contribution is 0.0764. The van der Waals surface area contributed by atoms with Crippen LogP contribution in [0.4, 0.5) is 0 Å². The van der Waals surface area contributed by atoms with E-state index < -0.39 is 6.10 Å². The second-order valence-electron chi connectivity index (χ2n) is 6.63. The van der Waals surface area contributed by atoms with Gasteiger partial charge in [-0.05, 0) is 24.6 Å². The van der Waals surface area contributed by atoms with Crippen LogP contribution in [0.15, 0.2) is 54.9 Å². The summed E-state index contributed by atoms with van der Waals surface area (Å²) in [5.74, 6) is -0.201. The summed E-state index contributed by atoms with van der Waals surface area (Å²) in [5, 5.41) is 11.9. The van der Waals surface area contributed by atoms with Crippen molar-refractivity contribution < 1.29 is 9.90 Å². The number of β-amino-alcohol motifs (C(OH)–C–C–N with tert-alkyl or cyclic N) is 1. The van der Waals surface area contributed by atoms with Gasteiger partial charge < -0.3 is 10.0 Å². The van der Waals surface area contributed by atoms with Crippen LogP contribution in [0.5, 0.6) is 0 Å². The molecule has 1 fully saturated rings. The largest absolute Gasteiger partial charge is 0.391 e. The smallest absolute Gasteiger partial charge is 0.255 e. The van der Waals surface area contributed by atoms with Crippen molar-refractivity contribution >= 4 is 28.4 Å². The number of rotatable bonds is 3. The maximum Gasteiger partial charge on any atom is 0.255 e. The number of fused-ring (bicyclic) bond motifs is 1. The Morgan fingerprint density at radius 3 is 2.88 bits per heavy atom. The van der Waals surface area contributed by atoms with E-state index in [4.69, 9.17) is 11.6 Å². The Balaban J connectivity index is 1.48. The average Bonchev–Trinajstić information content (AvgIpc) is 3.01. The second kappa shape index (κ2) is 7.02. The number of para-hydroxylation sites is 1. The lowest BCUT2D eigenvalue weighted by Gasteiger charge is -2.16. The molecule has 1 aliphatic heterocycles. The van der Waals surface area contributed by atoms with E-state index in [9.17, 15) is 9.90 Å². The summed E-state index contributed by atoms with van der Waals surface area (Å²) in [7, 11) is 0. The molecule has 0 radical (unpaired) electrons. The molecule has 2 atom stereocenters. The van der Waals surface area contributed by atoms with E-state index >= 15 is 0 Å². The van der Waals surface area contributed by atoms with Crippen LogP contribution in [0, 0.1) is 5.92 Å². The minimum Gasteiger partial charge on any atom is -0.391 e. The number of aliphatic hydroxyl groups is 1. The van der Waals surface area contributed by atoms with Crippen LogP contribution in [0.3, 0.4) is 0 Å². The predicted octanol–water partition coefficient (Wildman–Crippen LogP) is 2.96. The Kier molecular flexibility index (Phi) is 4.57. The molecule has 4 rings (SSSR count). The van der Waals surface area contributed by atoms with Crippen LogP contribution in [-0.4, -0.2) is 45.1 Å². The Morgan fingerprint density at radius 1 is 1.19 bits per heavy atom. The van der Waals surface area contributed by atoms with Crippen LogP contribution in [-0.2, 0) is 6.42 Å². The van der Waals surface area contributed by atoms with Gasteiger partial charge in [-0.15, -0.1) is 0 Å². The molecule has 1 aliphatic rings. The van der Waals surface area contributed by atoms with Gasteiger partial charge in [0.25, 0.3) is 5.91 Å². The highest BCUT2D eigenvalue weighted by Gasteiger charge is 2.34. The van der Waals surface area contributed by atoms with Crippen molar-refractivity contribution in [2.24, 2.45) is 5.92 Å². The Bertz CT molecular complexity index is 962. The first-order chi connectivity index (χ1) is 12.6. The fraction of sp³-hybridized carbons (Fsp3) is 0.250. The monoisotopic (exact) mass is 367 g/mol. The van der Waals surface area contributed by atoms with E-state index in [-0.39, 0.29) is 11.8 Å². The van der Waals surface area contributed by atoms with Gasteiger partial charge in [-0.3, -0.25) is 14.8 Å². The zero-order valence-electron chi connectivity index (χ0n) is 14.0. The molecule has 5 nitrogen and oxygen atoms in total. The van der Waals surface area contributed by atoms with Crippen molar-refractivity contribution in [3.8, 4) is 0 Å². The van der Waals surface area contributed by atoms with Gasteiger partial charge in [0.15, 0.2) is 0 Å². The highest BCUT2D eigenvalue weighted by molar-refractivity contribution is 6.30. The molecule has 3 aromatic rings. The van der Waals surface area contributed by atoms with E-state index in [0.29, 0.717) is 30.1 Å². The van der Waals surface area contributed by atoms with Crippen LogP contribution in [0.1, 0.15) is 16.1 Å². The molecule has 3 heterocycles. The topological polar surface area (TPSA) is 66.3 Å². The number of benzene rings is 1. The molecule has 0 unspecified atom stereocenters. The zero-order chi connectivity index (χ0) is 18.1. The first-order valence-corrected chi connectivity index (χ1v) is 8.90. The number of carbonyl (C=O) groups is 1. The Hall–Kier alpha value is -2.50. The number of likely N-dealkylation sites (tertiary alicyclic amines) is 1. The van der Waals surface area contributed by atoms with Crippen molar-refractivity contribution in [2.75, 3.05) is 13.1 Å². The molecule has 0 spiro atoms. The highest BCUT2D eigenvalue weighted by Crippen LogP contribution is 2.24. The van der Waals surface area contributed by atoms with Gasteiger partial charge in [-0.2, -0.15) is 0 Å². The third-order valence-corrected chi connectivity index (χ3v) is 4.98. The standard InChI is InChI=1S/C20H18ClN3O2/c21-16-7-14(9-22-10-16)20(26)24-11-15(19(25)12-24)8-17-6-5-13-3-1-2-4-18(13)23-17/h1-7,9-10,15,19,25H,8,11-12H2/t15-,19-/m1/s1. The number of aliphatic hydroxyl groups excluding tert-OH is 1. The number of nitrogens with zero attached hydrogens (tertiary/aromatic N) is 3. The van der Waals surface area contributed by atoms with E-state index in [1.807, 2.05) is 36.4 Å². The maximum absolute atomic E-state index is 12.6. The summed E-state index contributed by atoms with van der Waals surface area (Å²) in [5.41, 5.74) is 2.30. The molecule has 2 aromatic heterocycles. The quantitative estimate of drug-likeness (QED) is 0.773. The number of hydrogen-bond acceptors (Lipinski definition) is 4. The molecule has 6 heteroatoms. The average molecular weight is 368 g/mol. The highest BCUT2D eigenvalue weighted by atomic mass is 35.5. The third-order valence-electron chi connectivity index (χ3n) is 4.77. The molecule has 1 N–H and O–H groups in total. The fourth-order valence-corrected chi connectivity index (χ4v) is 3.60. The summed E-state index contributed by atoms with van der Waals surface area (Å²) in [6.07, 6.45) is 3.05. The first-order valence-electron chi connectivity index (χ1n) is 8.53. The summed E-state index contributed by atoms with van der Waals surface area (Å²) in [6, 6.07) is 13.6. The molecule has 1 saturated heterocycles. The molecule has 1 aromatic carbocycles. The van der Waals surface area contributed by atoms with E-state index in [1.165, 1.54) is 12.4 Å². The van der Waals surface area contributed by atoms with Gasteiger partial charge in [0.1, 0.15) is 0 Å². The van der Waals surface area contributed by atoms with Crippen LogP contribution >= 0.6 is 11.6 Å². The summed E-state index contributed by atoms with van der Waals surface area (Å²) < 4.78 is 0. The molecule has 1 amide bonds. The van der Waals surface area contributed by atoms with Crippen molar-refractivity contribution in [1.29, 1.82) is 0 Å². The van der Waals surface area contributed by atoms with Gasteiger partial charge >= 0.3 is 0 Å². The minimum atomic E-state index is -0.570. The molecule has 132 valence electrons. The summed E-state index contributed by atoms with van der Waals surface area (Å²) >= 11 is 5.92. The number of hydrogen-bond donors (Lipinski definition) is 1. The van der Waals surface area contributed by atoms with Crippen molar-refractivity contribution in [3.05, 3.63) is 71.1 Å². The van der Waals surface area contributed by atoms with Crippen molar-refractivity contribution in [1.82, 2.24) is 14.9 Å². The summed E-state index contributed by atoms with van der Waals surface area (Å²) in [4.78, 5) is 22.9. The maximum atomic E-state index is 12.6. The molecule has 26 heavy (non-hydrogen) atoms. The second-order valence-corrected chi connectivity index (χ2v) is 7.07. The number of amides is 1. The van der Waals surface area contributed by atoms with Crippen LogP contribution < -0.4 is 0 Å². The molecule has 0 saturated carbocycles. The van der Waals surface area contributed by atoms with Gasteiger partial charge in [0.05, 0.1) is 22.2 Å². The first kappa shape index (κ1) is 16.9. The predicted molar refractivity (Wildman–Crippen MR) is 100 cm³/mol. The lowest BCUT2D eigenvalue weighted by atomic mass is 9.99. The Labute approximate surface area is 156 Å². The van der Waals surface area contributed by atoms with Gasteiger partial charge in [-0.25, -0.2) is 0 Å². The number of aromatic nitrogens is 2.